The summed E-state index contributed by atoms with van der Waals surface area (Å²) in [7, 11) is 0. The van der Waals surface area contributed by atoms with Gasteiger partial charge in [0.1, 0.15) is 0 Å². The SMILES string of the molecule is CC(I)NCC(C)(C)C(C)C. The minimum absolute atomic E-state index is 0.416. The number of alkyl halides is 1. The Morgan fingerprint density at radius 3 is 2.00 bits per heavy atom. The van der Waals surface area contributed by atoms with Gasteiger partial charge in [-0.3, -0.25) is 0 Å². The molecule has 2 heteroatoms. The molecular weight excluding hydrogens is 249 g/mol. The average molecular weight is 269 g/mol. The molecule has 0 radical (unpaired) electrons. The first-order valence-electron chi connectivity index (χ1n) is 4.23. The topological polar surface area (TPSA) is 12.0 Å². The van der Waals surface area contributed by atoms with Crippen molar-refractivity contribution in [3.05, 3.63) is 0 Å². The summed E-state index contributed by atoms with van der Waals surface area (Å²) < 4.78 is 0.575. The van der Waals surface area contributed by atoms with E-state index in [0.29, 0.717) is 9.46 Å². The van der Waals surface area contributed by atoms with Gasteiger partial charge in [0.25, 0.3) is 0 Å². The van der Waals surface area contributed by atoms with Gasteiger partial charge < -0.3 is 5.32 Å². The molecule has 0 aromatic carbocycles. The predicted molar refractivity (Wildman–Crippen MR) is 60.1 cm³/mol. The Morgan fingerprint density at radius 2 is 1.73 bits per heavy atom. The Hall–Kier alpha value is 0.690. The predicted octanol–water partition coefficient (Wildman–Crippen LogP) is 3.04. The molecule has 11 heavy (non-hydrogen) atoms. The Balaban J connectivity index is 3.73. The molecule has 0 fully saturated rings. The summed E-state index contributed by atoms with van der Waals surface area (Å²) in [6.07, 6.45) is 0. The molecular formula is C9H20IN. The summed E-state index contributed by atoms with van der Waals surface area (Å²) in [6, 6.07) is 0. The van der Waals surface area contributed by atoms with E-state index < -0.39 is 0 Å². The van der Waals surface area contributed by atoms with Crippen LogP contribution in [0.2, 0.25) is 0 Å². The average Bonchev–Trinajstić information content (AvgIpc) is 1.84. The molecule has 0 aliphatic rings. The van der Waals surface area contributed by atoms with E-state index in [9.17, 15) is 0 Å². The Morgan fingerprint density at radius 1 is 1.27 bits per heavy atom. The Bertz CT molecular complexity index is 108. The zero-order valence-corrected chi connectivity index (χ0v) is 10.4. The fourth-order valence-electron chi connectivity index (χ4n) is 0.608. The lowest BCUT2D eigenvalue weighted by Crippen LogP contribution is -2.35. The molecule has 0 aliphatic heterocycles. The van der Waals surface area contributed by atoms with Crippen molar-refractivity contribution in [2.45, 2.75) is 38.7 Å². The number of rotatable bonds is 4. The van der Waals surface area contributed by atoms with Crippen molar-refractivity contribution in [3.63, 3.8) is 0 Å². The Kier molecular flexibility index (Phi) is 4.94. The number of halogens is 1. The first kappa shape index (κ1) is 11.7. The van der Waals surface area contributed by atoms with Crippen molar-refractivity contribution >= 4 is 22.6 Å². The third-order valence-electron chi connectivity index (χ3n) is 2.40. The second-order valence-corrected chi connectivity index (χ2v) is 6.01. The van der Waals surface area contributed by atoms with Crippen LogP contribution < -0.4 is 5.32 Å². The highest BCUT2D eigenvalue weighted by atomic mass is 127. The second kappa shape index (κ2) is 4.65. The molecule has 1 N–H and O–H groups in total. The van der Waals surface area contributed by atoms with Crippen LogP contribution in [0, 0.1) is 11.3 Å². The number of nitrogens with one attached hydrogen (secondary N) is 1. The van der Waals surface area contributed by atoms with Crippen LogP contribution in [0.4, 0.5) is 0 Å². The van der Waals surface area contributed by atoms with E-state index in [1.165, 1.54) is 0 Å². The van der Waals surface area contributed by atoms with E-state index in [2.05, 4.69) is 62.5 Å². The van der Waals surface area contributed by atoms with Gasteiger partial charge in [-0.2, -0.15) is 0 Å². The lowest BCUT2D eigenvalue weighted by molar-refractivity contribution is 0.239. The van der Waals surface area contributed by atoms with Crippen molar-refractivity contribution in [3.8, 4) is 0 Å². The maximum Gasteiger partial charge on any atom is 0.0565 e. The molecule has 1 atom stereocenters. The molecule has 1 unspecified atom stereocenters. The highest BCUT2D eigenvalue weighted by Crippen LogP contribution is 2.24. The maximum atomic E-state index is 3.45. The third kappa shape index (κ3) is 5.01. The van der Waals surface area contributed by atoms with E-state index in [-0.39, 0.29) is 0 Å². The molecule has 0 aromatic rings. The van der Waals surface area contributed by atoms with Crippen LogP contribution in [0.25, 0.3) is 0 Å². The van der Waals surface area contributed by atoms with Crippen LogP contribution >= 0.6 is 22.6 Å². The summed E-state index contributed by atoms with van der Waals surface area (Å²) >= 11 is 2.39. The normalized spacial score (nSPS) is 15.5. The van der Waals surface area contributed by atoms with Crippen LogP contribution in [0.1, 0.15) is 34.6 Å². The van der Waals surface area contributed by atoms with Crippen molar-refractivity contribution in [2.24, 2.45) is 11.3 Å². The smallest absolute Gasteiger partial charge is 0.0565 e. The van der Waals surface area contributed by atoms with Gasteiger partial charge in [-0.05, 0) is 18.3 Å². The van der Waals surface area contributed by atoms with Gasteiger partial charge in [0, 0.05) is 6.54 Å². The zero-order chi connectivity index (χ0) is 9.07. The van der Waals surface area contributed by atoms with Gasteiger partial charge in [-0.25, -0.2) is 0 Å². The zero-order valence-electron chi connectivity index (χ0n) is 8.24. The summed E-state index contributed by atoms with van der Waals surface area (Å²) in [6.45, 7) is 12.5. The van der Waals surface area contributed by atoms with Gasteiger partial charge in [-0.15, -0.1) is 0 Å². The fraction of sp³-hybridized carbons (Fsp3) is 1.00. The van der Waals surface area contributed by atoms with Gasteiger partial charge in [-0.1, -0.05) is 50.3 Å². The molecule has 0 rings (SSSR count). The lowest BCUT2D eigenvalue weighted by Gasteiger charge is -2.30. The van der Waals surface area contributed by atoms with Gasteiger partial charge in [0.2, 0.25) is 0 Å². The standard InChI is InChI=1S/C9H20IN/c1-7(2)9(4,5)6-11-8(3)10/h7-8,11H,6H2,1-5H3. The van der Waals surface area contributed by atoms with Crippen molar-refractivity contribution in [1.29, 1.82) is 0 Å². The van der Waals surface area contributed by atoms with Crippen LogP contribution in [-0.4, -0.2) is 10.6 Å². The van der Waals surface area contributed by atoms with Crippen LogP contribution in [0.15, 0.2) is 0 Å². The minimum Gasteiger partial charge on any atom is -0.305 e. The summed E-state index contributed by atoms with van der Waals surface area (Å²) in [5, 5.41) is 3.45. The van der Waals surface area contributed by atoms with Gasteiger partial charge in [0.05, 0.1) is 4.05 Å². The molecule has 0 aliphatic carbocycles. The van der Waals surface area contributed by atoms with Crippen LogP contribution in [-0.2, 0) is 0 Å². The number of hydrogen-bond donors (Lipinski definition) is 1. The van der Waals surface area contributed by atoms with Crippen LogP contribution in [0.5, 0.6) is 0 Å². The van der Waals surface area contributed by atoms with Crippen molar-refractivity contribution in [1.82, 2.24) is 5.32 Å². The molecule has 0 heterocycles. The van der Waals surface area contributed by atoms with Gasteiger partial charge in [0.15, 0.2) is 0 Å². The molecule has 0 amide bonds. The van der Waals surface area contributed by atoms with Crippen molar-refractivity contribution < 1.29 is 0 Å². The molecule has 0 saturated heterocycles. The monoisotopic (exact) mass is 269 g/mol. The molecule has 0 aromatic heterocycles. The van der Waals surface area contributed by atoms with E-state index in [0.717, 1.165) is 12.5 Å². The molecule has 68 valence electrons. The number of hydrogen-bond acceptors (Lipinski definition) is 1. The third-order valence-corrected chi connectivity index (χ3v) is 2.84. The van der Waals surface area contributed by atoms with Crippen molar-refractivity contribution in [2.75, 3.05) is 6.54 Å². The Labute approximate surface area is 84.5 Å². The summed E-state index contributed by atoms with van der Waals surface area (Å²) in [4.78, 5) is 0. The van der Waals surface area contributed by atoms with E-state index in [1.807, 2.05) is 0 Å². The van der Waals surface area contributed by atoms with E-state index in [1.54, 1.807) is 0 Å². The first-order chi connectivity index (χ1) is 4.86. The molecule has 0 spiro atoms. The first-order valence-corrected chi connectivity index (χ1v) is 5.48. The highest BCUT2D eigenvalue weighted by molar-refractivity contribution is 14.1. The lowest BCUT2D eigenvalue weighted by atomic mass is 9.81. The maximum absolute atomic E-state index is 3.45. The van der Waals surface area contributed by atoms with E-state index in [4.69, 9.17) is 0 Å². The summed E-state index contributed by atoms with van der Waals surface area (Å²) in [5.41, 5.74) is 0.416. The molecule has 1 nitrogen and oxygen atoms in total. The van der Waals surface area contributed by atoms with Gasteiger partial charge >= 0.3 is 0 Å². The molecule has 0 saturated carbocycles. The summed E-state index contributed by atoms with van der Waals surface area (Å²) in [5.74, 6) is 0.741. The highest BCUT2D eigenvalue weighted by Gasteiger charge is 2.21. The minimum atomic E-state index is 0.416. The van der Waals surface area contributed by atoms with Crippen LogP contribution in [0.3, 0.4) is 0 Å². The quantitative estimate of drug-likeness (QED) is 0.470. The largest absolute Gasteiger partial charge is 0.305 e. The van der Waals surface area contributed by atoms with E-state index >= 15 is 0 Å². The molecule has 0 bridgehead atoms. The fourth-order valence-corrected chi connectivity index (χ4v) is 0.828. The second-order valence-electron chi connectivity index (χ2n) is 4.14.